The first-order valence-electron chi connectivity index (χ1n) is 6.98. The number of anilines is 1. The first-order chi connectivity index (χ1) is 11.1. The van der Waals surface area contributed by atoms with Crippen molar-refractivity contribution in [2.75, 3.05) is 12.4 Å². The fourth-order valence-electron chi connectivity index (χ4n) is 2.32. The Morgan fingerprint density at radius 3 is 2.70 bits per heavy atom. The van der Waals surface area contributed by atoms with Crippen LogP contribution in [0, 0.1) is 12.3 Å². The van der Waals surface area contributed by atoms with Gasteiger partial charge in [-0.2, -0.15) is 0 Å². The molecule has 2 aromatic heterocycles. The van der Waals surface area contributed by atoms with Crippen LogP contribution in [0.25, 0.3) is 10.2 Å². The van der Waals surface area contributed by atoms with Gasteiger partial charge in [-0.05, 0) is 25.1 Å². The number of carbonyl (C=O) groups is 1. The topological polar surface area (TPSA) is 75.1 Å². The molecule has 0 spiro atoms. The summed E-state index contributed by atoms with van der Waals surface area (Å²) >= 11 is 1.25. The molecule has 2 heterocycles. The Morgan fingerprint density at radius 1 is 1.30 bits per heavy atom. The molecule has 1 aromatic carbocycles. The molecule has 0 aliphatic rings. The summed E-state index contributed by atoms with van der Waals surface area (Å²) in [5.74, 6) is 0.358. The predicted molar refractivity (Wildman–Crippen MR) is 93.2 cm³/mol. The summed E-state index contributed by atoms with van der Waals surface area (Å²) in [5, 5.41) is 11.2. The Labute approximate surface area is 137 Å². The lowest BCUT2D eigenvalue weighted by Crippen LogP contribution is -2.12. The van der Waals surface area contributed by atoms with Crippen molar-refractivity contribution >= 4 is 39.4 Å². The number of nitrogens with zero attached hydrogens (tertiary/aromatic N) is 1. The maximum atomic E-state index is 12.6. The van der Waals surface area contributed by atoms with Gasteiger partial charge in [0.2, 0.25) is 0 Å². The standard InChI is InChI=1S/C17H15N3O2S/c1-10-3-5-11(6-4-10)20-16(21)15-12(9-18)14-13(22-2)7-8-19-17(14)23-15/h3-9,18H,1-2H3,(H,20,21). The number of fused-ring (bicyclic) bond motifs is 1. The largest absolute Gasteiger partial charge is 0.496 e. The van der Waals surface area contributed by atoms with Crippen molar-refractivity contribution in [3.8, 4) is 5.75 Å². The highest BCUT2D eigenvalue weighted by molar-refractivity contribution is 7.21. The van der Waals surface area contributed by atoms with Gasteiger partial charge in [-0.1, -0.05) is 17.7 Å². The van der Waals surface area contributed by atoms with E-state index < -0.39 is 0 Å². The van der Waals surface area contributed by atoms with Crippen LogP contribution in [0.1, 0.15) is 20.8 Å². The summed E-state index contributed by atoms with van der Waals surface area (Å²) in [6.07, 6.45) is 2.81. The fourth-order valence-corrected chi connectivity index (χ4v) is 3.35. The summed E-state index contributed by atoms with van der Waals surface area (Å²) in [5.41, 5.74) is 2.37. The minimum absolute atomic E-state index is 0.252. The van der Waals surface area contributed by atoms with Crippen molar-refractivity contribution in [2.24, 2.45) is 0 Å². The number of carbonyl (C=O) groups excluding carboxylic acids is 1. The molecule has 0 aliphatic carbocycles. The molecule has 5 nitrogen and oxygen atoms in total. The number of pyridine rings is 1. The van der Waals surface area contributed by atoms with E-state index in [4.69, 9.17) is 10.1 Å². The van der Waals surface area contributed by atoms with E-state index in [2.05, 4.69) is 10.3 Å². The van der Waals surface area contributed by atoms with Crippen molar-refractivity contribution in [1.29, 1.82) is 5.41 Å². The van der Waals surface area contributed by atoms with Gasteiger partial charge in [0.05, 0.1) is 12.5 Å². The summed E-state index contributed by atoms with van der Waals surface area (Å²) in [7, 11) is 1.56. The van der Waals surface area contributed by atoms with Crippen molar-refractivity contribution < 1.29 is 9.53 Å². The summed E-state index contributed by atoms with van der Waals surface area (Å²) in [6, 6.07) is 9.29. The Morgan fingerprint density at radius 2 is 2.04 bits per heavy atom. The highest BCUT2D eigenvalue weighted by Crippen LogP contribution is 2.35. The highest BCUT2D eigenvalue weighted by atomic mass is 32.1. The van der Waals surface area contributed by atoms with Crippen LogP contribution in [0.5, 0.6) is 5.75 Å². The number of amides is 1. The van der Waals surface area contributed by atoms with Gasteiger partial charge < -0.3 is 15.5 Å². The third-order valence-electron chi connectivity index (χ3n) is 3.47. The van der Waals surface area contributed by atoms with Crippen LogP contribution < -0.4 is 10.1 Å². The van der Waals surface area contributed by atoms with Gasteiger partial charge in [0.25, 0.3) is 5.91 Å². The molecule has 0 bridgehead atoms. The zero-order valence-electron chi connectivity index (χ0n) is 12.7. The Kier molecular flexibility index (Phi) is 4.08. The highest BCUT2D eigenvalue weighted by Gasteiger charge is 2.20. The second kappa shape index (κ2) is 6.18. The normalized spacial score (nSPS) is 10.5. The number of hydrogen-bond donors (Lipinski definition) is 2. The Balaban J connectivity index is 2.03. The van der Waals surface area contributed by atoms with Crippen LogP contribution in [0.2, 0.25) is 0 Å². The zero-order valence-corrected chi connectivity index (χ0v) is 13.5. The molecule has 0 saturated carbocycles. The molecule has 3 aromatic rings. The Hall–Kier alpha value is -2.73. The molecule has 0 atom stereocenters. The van der Waals surface area contributed by atoms with E-state index in [9.17, 15) is 4.79 Å². The Bertz CT molecular complexity index is 885. The number of rotatable bonds is 4. The van der Waals surface area contributed by atoms with Crippen LogP contribution in [0.3, 0.4) is 0 Å². The molecule has 0 aliphatic heterocycles. The minimum Gasteiger partial charge on any atom is -0.496 e. The van der Waals surface area contributed by atoms with E-state index in [0.717, 1.165) is 5.56 Å². The number of aromatic nitrogens is 1. The molecule has 2 N–H and O–H groups in total. The lowest BCUT2D eigenvalue weighted by molar-refractivity contribution is 0.103. The molecule has 23 heavy (non-hydrogen) atoms. The number of ether oxygens (including phenoxy) is 1. The van der Waals surface area contributed by atoms with E-state index >= 15 is 0 Å². The van der Waals surface area contributed by atoms with Gasteiger partial charge in [-0.15, -0.1) is 11.3 Å². The summed E-state index contributed by atoms with van der Waals surface area (Å²) in [6.45, 7) is 1.99. The van der Waals surface area contributed by atoms with Gasteiger partial charge in [-0.3, -0.25) is 4.79 Å². The summed E-state index contributed by atoms with van der Waals surface area (Å²) < 4.78 is 5.33. The van der Waals surface area contributed by atoms with Gasteiger partial charge in [0.15, 0.2) is 0 Å². The third kappa shape index (κ3) is 2.80. The average Bonchev–Trinajstić information content (AvgIpc) is 2.95. The van der Waals surface area contributed by atoms with E-state index in [1.807, 2.05) is 31.2 Å². The minimum atomic E-state index is -0.252. The number of benzene rings is 1. The second-order valence-corrected chi connectivity index (χ2v) is 6.00. The zero-order chi connectivity index (χ0) is 16.4. The molecule has 0 unspecified atom stereocenters. The molecule has 1 amide bonds. The number of aryl methyl sites for hydroxylation is 1. The number of nitrogens with one attached hydrogen (secondary N) is 2. The average molecular weight is 325 g/mol. The van der Waals surface area contributed by atoms with Crippen LogP contribution in [-0.4, -0.2) is 24.2 Å². The second-order valence-electron chi connectivity index (χ2n) is 5.00. The molecule has 0 radical (unpaired) electrons. The molecular formula is C17H15N3O2S. The quantitative estimate of drug-likeness (QED) is 0.715. The van der Waals surface area contributed by atoms with E-state index in [0.29, 0.717) is 32.1 Å². The molecule has 0 saturated heterocycles. The molecule has 116 valence electrons. The van der Waals surface area contributed by atoms with Crippen LogP contribution in [-0.2, 0) is 0 Å². The number of thiophene rings is 1. The van der Waals surface area contributed by atoms with Gasteiger partial charge in [0.1, 0.15) is 15.5 Å². The van der Waals surface area contributed by atoms with E-state index in [-0.39, 0.29) is 5.91 Å². The predicted octanol–water partition coefficient (Wildman–Crippen LogP) is 3.86. The van der Waals surface area contributed by atoms with Crippen LogP contribution in [0.15, 0.2) is 36.5 Å². The van der Waals surface area contributed by atoms with Crippen LogP contribution in [0.4, 0.5) is 5.69 Å². The number of hydrogen-bond acceptors (Lipinski definition) is 5. The first-order valence-corrected chi connectivity index (χ1v) is 7.79. The molecule has 0 fully saturated rings. The monoisotopic (exact) mass is 325 g/mol. The van der Waals surface area contributed by atoms with Gasteiger partial charge in [-0.25, -0.2) is 4.98 Å². The van der Waals surface area contributed by atoms with Crippen molar-refractivity contribution in [3.05, 3.63) is 52.5 Å². The summed E-state index contributed by atoms with van der Waals surface area (Å²) in [4.78, 5) is 18.0. The number of methoxy groups -OCH3 is 1. The fraction of sp³-hybridized carbons (Fsp3) is 0.118. The molecule has 6 heteroatoms. The van der Waals surface area contributed by atoms with Gasteiger partial charge in [0, 0.05) is 23.7 Å². The molecule has 3 rings (SSSR count). The van der Waals surface area contributed by atoms with Gasteiger partial charge >= 0.3 is 0 Å². The lowest BCUT2D eigenvalue weighted by atomic mass is 10.1. The molecular weight excluding hydrogens is 310 g/mol. The van der Waals surface area contributed by atoms with Crippen molar-refractivity contribution in [3.63, 3.8) is 0 Å². The van der Waals surface area contributed by atoms with Crippen molar-refractivity contribution in [2.45, 2.75) is 6.92 Å². The smallest absolute Gasteiger partial charge is 0.266 e. The van der Waals surface area contributed by atoms with Crippen LogP contribution >= 0.6 is 11.3 Å². The maximum Gasteiger partial charge on any atom is 0.266 e. The SMILES string of the molecule is COc1ccnc2sc(C(=O)Nc3ccc(C)cc3)c(C=N)c12. The third-order valence-corrected chi connectivity index (χ3v) is 4.58. The first kappa shape index (κ1) is 15.2. The van der Waals surface area contributed by atoms with Crippen molar-refractivity contribution in [1.82, 2.24) is 4.98 Å². The van der Waals surface area contributed by atoms with E-state index in [1.165, 1.54) is 17.6 Å². The lowest BCUT2D eigenvalue weighted by Gasteiger charge is -2.05. The maximum absolute atomic E-state index is 12.6. The van der Waals surface area contributed by atoms with E-state index in [1.54, 1.807) is 19.4 Å².